The van der Waals surface area contributed by atoms with Crippen molar-refractivity contribution >= 4 is 5.65 Å². The van der Waals surface area contributed by atoms with Crippen LogP contribution in [0.1, 0.15) is 44.9 Å². The van der Waals surface area contributed by atoms with Gasteiger partial charge in [-0.25, -0.2) is 4.98 Å². The first-order valence-electron chi connectivity index (χ1n) is 6.11. The molecule has 0 aromatic carbocycles. The van der Waals surface area contributed by atoms with Gasteiger partial charge in [-0.15, -0.1) is 0 Å². The second-order valence-corrected chi connectivity index (χ2v) is 6.06. The minimum Gasteiger partial charge on any atom is -0.385 e. The van der Waals surface area contributed by atoms with Gasteiger partial charge in [0.1, 0.15) is 5.65 Å². The molecular formula is C14H18N2O. The maximum absolute atomic E-state index is 10.3. The van der Waals surface area contributed by atoms with Gasteiger partial charge in [-0.1, -0.05) is 26.8 Å². The van der Waals surface area contributed by atoms with Crippen LogP contribution in [0.25, 0.3) is 5.65 Å². The Morgan fingerprint density at radius 2 is 2.06 bits per heavy atom. The average Bonchev–Trinajstić information content (AvgIpc) is 2.83. The molecule has 1 saturated carbocycles. The van der Waals surface area contributed by atoms with Gasteiger partial charge in [-0.3, -0.25) is 0 Å². The quantitative estimate of drug-likeness (QED) is 0.817. The molecule has 90 valence electrons. The molecule has 2 aromatic rings. The summed E-state index contributed by atoms with van der Waals surface area (Å²) in [4.78, 5) is 4.69. The highest BCUT2D eigenvalue weighted by atomic mass is 16.3. The summed E-state index contributed by atoms with van der Waals surface area (Å²) in [6, 6.07) is 3.97. The standard InChI is InChI=1S/C14H18N2O/c1-13(2,3)11-9-16-8-4-5-10(12(16)15-11)14(17)6-7-14/h4-5,8-9,17H,6-7H2,1-3H3. The van der Waals surface area contributed by atoms with Crippen molar-refractivity contribution in [2.75, 3.05) is 0 Å². The Hall–Kier alpha value is -1.35. The lowest BCUT2D eigenvalue weighted by Crippen LogP contribution is -2.11. The van der Waals surface area contributed by atoms with Crippen molar-refractivity contribution in [2.24, 2.45) is 0 Å². The van der Waals surface area contributed by atoms with Crippen LogP contribution in [0, 0.1) is 0 Å². The van der Waals surface area contributed by atoms with E-state index in [-0.39, 0.29) is 5.41 Å². The summed E-state index contributed by atoms with van der Waals surface area (Å²) < 4.78 is 2.02. The van der Waals surface area contributed by atoms with E-state index in [9.17, 15) is 5.11 Å². The first-order chi connectivity index (χ1) is 7.90. The van der Waals surface area contributed by atoms with Gasteiger partial charge in [0.25, 0.3) is 0 Å². The maximum atomic E-state index is 10.3. The van der Waals surface area contributed by atoms with E-state index >= 15 is 0 Å². The molecule has 0 amide bonds. The van der Waals surface area contributed by atoms with Crippen molar-refractivity contribution in [3.8, 4) is 0 Å². The van der Waals surface area contributed by atoms with Crippen LogP contribution in [-0.2, 0) is 11.0 Å². The van der Waals surface area contributed by atoms with E-state index in [1.807, 2.05) is 22.7 Å². The highest BCUT2D eigenvalue weighted by Crippen LogP contribution is 2.46. The largest absolute Gasteiger partial charge is 0.385 e. The van der Waals surface area contributed by atoms with E-state index in [1.165, 1.54) is 0 Å². The van der Waals surface area contributed by atoms with Crippen molar-refractivity contribution < 1.29 is 5.11 Å². The number of hydrogen-bond donors (Lipinski definition) is 1. The summed E-state index contributed by atoms with van der Waals surface area (Å²) in [7, 11) is 0. The average molecular weight is 230 g/mol. The molecule has 3 rings (SSSR count). The number of aliphatic hydroxyl groups is 1. The summed E-state index contributed by atoms with van der Waals surface area (Å²) >= 11 is 0. The van der Waals surface area contributed by atoms with Gasteiger partial charge >= 0.3 is 0 Å². The number of pyridine rings is 1. The van der Waals surface area contributed by atoms with Crippen molar-refractivity contribution in [2.45, 2.75) is 44.6 Å². The fraction of sp³-hybridized carbons (Fsp3) is 0.500. The van der Waals surface area contributed by atoms with Gasteiger partial charge in [0.15, 0.2) is 0 Å². The Morgan fingerprint density at radius 1 is 1.35 bits per heavy atom. The third-order valence-corrected chi connectivity index (χ3v) is 3.48. The van der Waals surface area contributed by atoms with Crippen LogP contribution in [0.15, 0.2) is 24.5 Å². The molecule has 1 fully saturated rings. The van der Waals surface area contributed by atoms with Gasteiger partial charge in [0.05, 0.1) is 11.3 Å². The number of rotatable bonds is 1. The van der Waals surface area contributed by atoms with E-state index in [0.29, 0.717) is 0 Å². The number of aromatic nitrogens is 2. The van der Waals surface area contributed by atoms with E-state index in [1.54, 1.807) is 0 Å². The van der Waals surface area contributed by atoms with Crippen LogP contribution in [0.4, 0.5) is 0 Å². The molecule has 0 atom stereocenters. The van der Waals surface area contributed by atoms with Crippen LogP contribution < -0.4 is 0 Å². The summed E-state index contributed by atoms with van der Waals surface area (Å²) in [5.41, 5.74) is 2.35. The van der Waals surface area contributed by atoms with Crippen molar-refractivity contribution in [1.29, 1.82) is 0 Å². The molecule has 1 aliphatic rings. The fourth-order valence-electron chi connectivity index (χ4n) is 2.13. The molecule has 0 saturated heterocycles. The molecule has 0 bridgehead atoms. The lowest BCUT2D eigenvalue weighted by Gasteiger charge is -2.13. The predicted molar refractivity (Wildman–Crippen MR) is 67.0 cm³/mol. The summed E-state index contributed by atoms with van der Waals surface area (Å²) in [5, 5.41) is 10.3. The zero-order chi connectivity index (χ0) is 12.3. The van der Waals surface area contributed by atoms with Crippen molar-refractivity contribution in [1.82, 2.24) is 9.38 Å². The Bertz CT molecular complexity index is 573. The Morgan fingerprint density at radius 3 is 2.65 bits per heavy atom. The Labute approximate surface area is 101 Å². The summed E-state index contributed by atoms with van der Waals surface area (Å²) in [6.45, 7) is 6.46. The molecule has 17 heavy (non-hydrogen) atoms. The zero-order valence-electron chi connectivity index (χ0n) is 10.6. The maximum Gasteiger partial charge on any atom is 0.143 e. The Balaban J connectivity index is 2.22. The van der Waals surface area contributed by atoms with Crippen LogP contribution >= 0.6 is 0 Å². The minimum absolute atomic E-state index is 0.0372. The van der Waals surface area contributed by atoms with E-state index in [4.69, 9.17) is 4.98 Å². The van der Waals surface area contributed by atoms with E-state index in [2.05, 4.69) is 27.0 Å². The zero-order valence-corrected chi connectivity index (χ0v) is 10.6. The summed E-state index contributed by atoms with van der Waals surface area (Å²) in [6.07, 6.45) is 5.76. The third-order valence-electron chi connectivity index (χ3n) is 3.48. The number of hydrogen-bond acceptors (Lipinski definition) is 2. The number of fused-ring (bicyclic) bond motifs is 1. The highest BCUT2D eigenvalue weighted by molar-refractivity contribution is 5.54. The normalized spacial score (nSPS) is 18.6. The number of nitrogens with zero attached hydrogens (tertiary/aromatic N) is 2. The Kier molecular flexibility index (Phi) is 1.97. The molecule has 0 unspecified atom stereocenters. The van der Waals surface area contributed by atoms with Gasteiger partial charge in [0, 0.05) is 23.4 Å². The van der Waals surface area contributed by atoms with Gasteiger partial charge in [-0.05, 0) is 18.9 Å². The van der Waals surface area contributed by atoms with Gasteiger partial charge < -0.3 is 9.51 Å². The van der Waals surface area contributed by atoms with Gasteiger partial charge in [-0.2, -0.15) is 0 Å². The first kappa shape index (κ1) is 10.8. The topological polar surface area (TPSA) is 37.5 Å². The molecule has 2 aromatic heterocycles. The molecule has 3 nitrogen and oxygen atoms in total. The molecule has 1 N–H and O–H groups in total. The van der Waals surface area contributed by atoms with E-state index < -0.39 is 5.60 Å². The molecule has 0 radical (unpaired) electrons. The molecular weight excluding hydrogens is 212 g/mol. The van der Waals surface area contributed by atoms with Crippen LogP contribution in [0.2, 0.25) is 0 Å². The second kappa shape index (κ2) is 3.10. The van der Waals surface area contributed by atoms with Crippen molar-refractivity contribution in [3.05, 3.63) is 35.8 Å². The molecule has 3 heteroatoms. The molecule has 0 spiro atoms. The third kappa shape index (κ3) is 1.65. The fourth-order valence-corrected chi connectivity index (χ4v) is 2.13. The molecule has 2 heterocycles. The monoisotopic (exact) mass is 230 g/mol. The highest BCUT2D eigenvalue weighted by Gasteiger charge is 2.44. The lowest BCUT2D eigenvalue weighted by atomic mass is 9.93. The van der Waals surface area contributed by atoms with Gasteiger partial charge in [0.2, 0.25) is 0 Å². The predicted octanol–water partition coefficient (Wildman–Crippen LogP) is 2.61. The first-order valence-corrected chi connectivity index (χ1v) is 6.11. The molecule has 1 aliphatic carbocycles. The lowest BCUT2D eigenvalue weighted by molar-refractivity contribution is 0.152. The number of imidazole rings is 1. The molecule has 0 aliphatic heterocycles. The van der Waals surface area contributed by atoms with Crippen LogP contribution in [0.5, 0.6) is 0 Å². The second-order valence-electron chi connectivity index (χ2n) is 6.06. The van der Waals surface area contributed by atoms with E-state index in [0.717, 1.165) is 29.7 Å². The van der Waals surface area contributed by atoms with Crippen LogP contribution in [0.3, 0.4) is 0 Å². The van der Waals surface area contributed by atoms with Crippen LogP contribution in [-0.4, -0.2) is 14.5 Å². The smallest absolute Gasteiger partial charge is 0.143 e. The minimum atomic E-state index is -0.622. The van der Waals surface area contributed by atoms with Crippen molar-refractivity contribution in [3.63, 3.8) is 0 Å². The SMILES string of the molecule is CC(C)(C)c1cn2cccc(C3(O)CC3)c2n1. The summed E-state index contributed by atoms with van der Waals surface area (Å²) in [5.74, 6) is 0.